The van der Waals surface area contributed by atoms with Gasteiger partial charge in [0.1, 0.15) is 5.60 Å². The molecule has 0 aliphatic heterocycles. The molecule has 3 aromatic rings. The van der Waals surface area contributed by atoms with Crippen LogP contribution in [0.4, 0.5) is 4.79 Å². The van der Waals surface area contributed by atoms with Gasteiger partial charge in [-0.1, -0.05) is 84.9 Å². The molecule has 0 aromatic heterocycles. The number of amides is 2. The van der Waals surface area contributed by atoms with Crippen LogP contribution in [0.15, 0.2) is 84.9 Å². The predicted molar refractivity (Wildman–Crippen MR) is 113 cm³/mol. The molecule has 0 fully saturated rings. The molecule has 2 amide bonds. The fourth-order valence-corrected chi connectivity index (χ4v) is 3.03. The molecule has 0 unspecified atom stereocenters. The summed E-state index contributed by atoms with van der Waals surface area (Å²) in [6, 6.07) is 27.6. The number of aliphatic hydroxyl groups is 1. The Balaban J connectivity index is 1.49. The van der Waals surface area contributed by atoms with Gasteiger partial charge in [0.15, 0.2) is 0 Å². The second-order valence-corrected chi connectivity index (χ2v) is 7.06. The smallest absolute Gasteiger partial charge is 0.314 e. The number of rotatable bonds is 7. The van der Waals surface area contributed by atoms with Crippen LogP contribution in [0, 0.1) is 0 Å². The molecule has 0 bridgehead atoms. The number of benzene rings is 3. The number of hydrogen-bond donors (Lipinski definition) is 3. The first-order chi connectivity index (χ1) is 13.5. The molecule has 3 aromatic carbocycles. The van der Waals surface area contributed by atoms with Crippen molar-refractivity contribution in [3.63, 3.8) is 0 Å². The van der Waals surface area contributed by atoms with E-state index in [9.17, 15) is 9.90 Å². The van der Waals surface area contributed by atoms with Crippen molar-refractivity contribution in [3.05, 3.63) is 96.1 Å². The molecule has 4 heteroatoms. The van der Waals surface area contributed by atoms with Gasteiger partial charge < -0.3 is 15.7 Å². The van der Waals surface area contributed by atoms with Crippen molar-refractivity contribution in [1.82, 2.24) is 10.6 Å². The highest BCUT2D eigenvalue weighted by atomic mass is 16.3. The van der Waals surface area contributed by atoms with Crippen molar-refractivity contribution in [2.75, 3.05) is 13.1 Å². The zero-order valence-electron chi connectivity index (χ0n) is 16.1. The molecular weight excluding hydrogens is 348 g/mol. The summed E-state index contributed by atoms with van der Waals surface area (Å²) >= 11 is 0. The van der Waals surface area contributed by atoms with E-state index in [2.05, 4.69) is 22.8 Å². The molecule has 0 saturated carbocycles. The lowest BCUT2D eigenvalue weighted by atomic mass is 9.94. The highest BCUT2D eigenvalue weighted by molar-refractivity contribution is 5.74. The van der Waals surface area contributed by atoms with E-state index in [4.69, 9.17) is 0 Å². The SMILES string of the molecule is C[C@](O)(CNC(=O)NCCc1ccccc1)c1ccc(-c2ccccc2)cc1. The summed E-state index contributed by atoms with van der Waals surface area (Å²) in [5.41, 5.74) is 3.01. The van der Waals surface area contributed by atoms with Crippen molar-refractivity contribution in [2.24, 2.45) is 0 Å². The third-order valence-corrected chi connectivity index (χ3v) is 4.75. The van der Waals surface area contributed by atoms with Gasteiger partial charge in [-0.05, 0) is 35.6 Å². The van der Waals surface area contributed by atoms with Crippen molar-refractivity contribution in [2.45, 2.75) is 18.9 Å². The van der Waals surface area contributed by atoms with Gasteiger partial charge in [0, 0.05) is 6.54 Å². The minimum Gasteiger partial charge on any atom is -0.384 e. The number of nitrogens with one attached hydrogen (secondary N) is 2. The number of hydrogen-bond acceptors (Lipinski definition) is 2. The first kappa shape index (κ1) is 19.6. The van der Waals surface area contributed by atoms with Crippen molar-refractivity contribution >= 4 is 6.03 Å². The van der Waals surface area contributed by atoms with Crippen LogP contribution in [0.1, 0.15) is 18.1 Å². The summed E-state index contributed by atoms with van der Waals surface area (Å²) in [5, 5.41) is 16.3. The predicted octanol–water partition coefficient (Wildman–Crippen LogP) is 4.10. The first-order valence-electron chi connectivity index (χ1n) is 9.48. The third-order valence-electron chi connectivity index (χ3n) is 4.75. The number of carbonyl (C=O) groups is 1. The maximum absolute atomic E-state index is 12.0. The largest absolute Gasteiger partial charge is 0.384 e. The van der Waals surface area contributed by atoms with Gasteiger partial charge >= 0.3 is 6.03 Å². The fraction of sp³-hybridized carbons (Fsp3) is 0.208. The van der Waals surface area contributed by atoms with Crippen LogP contribution in [0.5, 0.6) is 0 Å². The van der Waals surface area contributed by atoms with Crippen LogP contribution in [-0.2, 0) is 12.0 Å². The Hall–Kier alpha value is -3.11. The molecule has 3 rings (SSSR count). The van der Waals surface area contributed by atoms with Gasteiger partial charge in [-0.15, -0.1) is 0 Å². The normalized spacial score (nSPS) is 12.8. The highest BCUT2D eigenvalue weighted by Crippen LogP contribution is 2.24. The summed E-state index contributed by atoms with van der Waals surface area (Å²) in [6.45, 7) is 2.38. The Morgan fingerprint density at radius 2 is 1.39 bits per heavy atom. The van der Waals surface area contributed by atoms with Gasteiger partial charge in [-0.3, -0.25) is 0 Å². The molecule has 1 atom stereocenters. The molecule has 0 aliphatic carbocycles. The standard InChI is InChI=1S/C24H26N2O2/c1-24(28,18-26-23(27)25-17-16-19-8-4-2-5-9-19)22-14-12-21(13-15-22)20-10-6-3-7-11-20/h2-15,28H,16-18H2,1H3,(H2,25,26,27)/t24-/m0/s1. The van der Waals surface area contributed by atoms with E-state index >= 15 is 0 Å². The Bertz CT molecular complexity index is 875. The molecule has 0 aliphatic rings. The average molecular weight is 374 g/mol. The topological polar surface area (TPSA) is 61.4 Å². The van der Waals surface area contributed by atoms with Gasteiger partial charge in [0.25, 0.3) is 0 Å². The van der Waals surface area contributed by atoms with Gasteiger partial charge in [-0.25, -0.2) is 4.79 Å². The first-order valence-corrected chi connectivity index (χ1v) is 9.48. The molecule has 0 spiro atoms. The molecular formula is C24H26N2O2. The molecule has 144 valence electrons. The molecule has 0 saturated heterocycles. The van der Waals surface area contributed by atoms with Gasteiger partial charge in [-0.2, -0.15) is 0 Å². The quantitative estimate of drug-likeness (QED) is 0.583. The Labute approximate surface area is 166 Å². The summed E-state index contributed by atoms with van der Waals surface area (Å²) < 4.78 is 0. The zero-order chi connectivity index (χ0) is 19.8. The van der Waals surface area contributed by atoms with Crippen molar-refractivity contribution in [1.29, 1.82) is 0 Å². The van der Waals surface area contributed by atoms with E-state index in [0.717, 1.165) is 23.1 Å². The van der Waals surface area contributed by atoms with Crippen LogP contribution >= 0.6 is 0 Å². The summed E-state index contributed by atoms with van der Waals surface area (Å²) in [6.07, 6.45) is 0.769. The molecule has 4 nitrogen and oxygen atoms in total. The Kier molecular flexibility index (Phi) is 6.45. The fourth-order valence-electron chi connectivity index (χ4n) is 3.03. The average Bonchev–Trinajstić information content (AvgIpc) is 2.74. The molecule has 0 radical (unpaired) electrons. The lowest BCUT2D eigenvalue weighted by molar-refractivity contribution is 0.0594. The minimum absolute atomic E-state index is 0.134. The van der Waals surface area contributed by atoms with Crippen molar-refractivity contribution < 1.29 is 9.90 Å². The van der Waals surface area contributed by atoms with Crippen LogP contribution in [-0.4, -0.2) is 24.2 Å². The van der Waals surface area contributed by atoms with Crippen LogP contribution in [0.25, 0.3) is 11.1 Å². The van der Waals surface area contributed by atoms with E-state index in [0.29, 0.717) is 6.54 Å². The van der Waals surface area contributed by atoms with E-state index < -0.39 is 5.60 Å². The Morgan fingerprint density at radius 3 is 2.04 bits per heavy atom. The van der Waals surface area contributed by atoms with Gasteiger partial charge in [0.05, 0.1) is 6.54 Å². The lowest BCUT2D eigenvalue weighted by Crippen LogP contribution is -2.43. The maximum Gasteiger partial charge on any atom is 0.314 e. The number of urea groups is 1. The van der Waals surface area contributed by atoms with Gasteiger partial charge in [0.2, 0.25) is 0 Å². The van der Waals surface area contributed by atoms with Crippen molar-refractivity contribution in [3.8, 4) is 11.1 Å². The minimum atomic E-state index is -1.15. The highest BCUT2D eigenvalue weighted by Gasteiger charge is 2.23. The second kappa shape index (κ2) is 9.20. The zero-order valence-corrected chi connectivity index (χ0v) is 16.1. The van der Waals surface area contributed by atoms with E-state index in [-0.39, 0.29) is 12.6 Å². The van der Waals surface area contributed by atoms with E-state index in [1.807, 2.05) is 72.8 Å². The molecule has 3 N–H and O–H groups in total. The summed E-state index contributed by atoms with van der Waals surface area (Å²) in [4.78, 5) is 12.0. The van der Waals surface area contributed by atoms with Crippen LogP contribution in [0.3, 0.4) is 0 Å². The monoisotopic (exact) mass is 374 g/mol. The van der Waals surface area contributed by atoms with E-state index in [1.165, 1.54) is 5.56 Å². The number of carbonyl (C=O) groups excluding carboxylic acids is 1. The van der Waals surface area contributed by atoms with E-state index in [1.54, 1.807) is 6.92 Å². The third kappa shape index (κ3) is 5.44. The second-order valence-electron chi connectivity index (χ2n) is 7.06. The van der Waals surface area contributed by atoms with Crippen LogP contribution in [0.2, 0.25) is 0 Å². The molecule has 0 heterocycles. The lowest BCUT2D eigenvalue weighted by Gasteiger charge is -2.24. The maximum atomic E-state index is 12.0. The summed E-state index contributed by atoms with van der Waals surface area (Å²) in [7, 11) is 0. The van der Waals surface area contributed by atoms with Crippen LogP contribution < -0.4 is 10.6 Å². The Morgan fingerprint density at radius 1 is 0.821 bits per heavy atom. The molecule has 28 heavy (non-hydrogen) atoms. The summed E-state index contributed by atoms with van der Waals surface area (Å²) in [5.74, 6) is 0.